The molecule has 1 amide bonds. The van der Waals surface area contributed by atoms with Gasteiger partial charge in [0.2, 0.25) is 10.0 Å². The van der Waals surface area contributed by atoms with Crippen molar-refractivity contribution in [2.75, 3.05) is 26.5 Å². The molecule has 30 heavy (non-hydrogen) atoms. The van der Waals surface area contributed by atoms with Gasteiger partial charge < -0.3 is 10.2 Å². The second-order valence-electron chi connectivity index (χ2n) is 9.00. The number of hydrogen-bond acceptors (Lipinski definition) is 3. The molecule has 2 N–H and O–H groups in total. The molecule has 1 unspecified atom stereocenters. The average Bonchev–Trinajstić information content (AvgIpc) is 2.67. The molecule has 0 bridgehead atoms. The number of nitrogens with zero attached hydrogens (tertiary/aromatic N) is 1. The summed E-state index contributed by atoms with van der Waals surface area (Å²) in [7, 11) is 1.39. The highest BCUT2D eigenvalue weighted by Crippen LogP contribution is 2.22. The molecule has 2 aromatic carbocycles. The zero-order chi connectivity index (χ0) is 22.7. The van der Waals surface area contributed by atoms with Crippen molar-refractivity contribution >= 4 is 21.6 Å². The Kier molecular flexibility index (Phi) is 7.45. The van der Waals surface area contributed by atoms with E-state index >= 15 is 0 Å². The number of sulfonamides is 1. The SMILES string of the molecule is C[C@@H](C(=O)Nc1cccc(S(=O)(=O)N(C)C)c1)[NH+](C)Cc1ccc(C(C)(C)C)cc1. The van der Waals surface area contributed by atoms with E-state index in [1.165, 1.54) is 37.4 Å². The predicted octanol–water partition coefficient (Wildman–Crippen LogP) is 2.28. The van der Waals surface area contributed by atoms with Crippen LogP contribution in [-0.4, -0.2) is 45.8 Å². The van der Waals surface area contributed by atoms with Gasteiger partial charge >= 0.3 is 0 Å². The molecular formula is C23H34N3O3S+. The molecule has 0 saturated carbocycles. The van der Waals surface area contributed by atoms with E-state index in [1.807, 2.05) is 14.0 Å². The summed E-state index contributed by atoms with van der Waals surface area (Å²) in [4.78, 5) is 13.9. The fourth-order valence-electron chi connectivity index (χ4n) is 3.02. The van der Waals surface area contributed by atoms with Crippen LogP contribution in [0.1, 0.15) is 38.8 Å². The van der Waals surface area contributed by atoms with Crippen molar-refractivity contribution in [3.63, 3.8) is 0 Å². The fraction of sp³-hybridized carbons (Fsp3) is 0.435. The summed E-state index contributed by atoms with van der Waals surface area (Å²) in [6.07, 6.45) is 0. The minimum absolute atomic E-state index is 0.110. The Morgan fingerprint density at radius 1 is 1.10 bits per heavy atom. The summed E-state index contributed by atoms with van der Waals surface area (Å²) in [5, 5.41) is 2.85. The summed E-state index contributed by atoms with van der Waals surface area (Å²) in [5.41, 5.74) is 3.03. The molecule has 0 aromatic heterocycles. The summed E-state index contributed by atoms with van der Waals surface area (Å²) >= 11 is 0. The quantitative estimate of drug-likeness (QED) is 0.705. The molecule has 0 fully saturated rings. The standard InChI is InChI=1S/C23H33N3O3S/c1-17(26(7)16-18-11-13-19(14-12-18)23(2,3)4)22(27)24-20-9-8-10-21(15-20)30(28,29)25(5)6/h8-15,17H,16H2,1-7H3,(H,24,27)/p+1/t17-/m0/s1. The Morgan fingerprint density at radius 2 is 1.70 bits per heavy atom. The summed E-state index contributed by atoms with van der Waals surface area (Å²) in [5.74, 6) is -0.154. The highest BCUT2D eigenvalue weighted by atomic mass is 32.2. The largest absolute Gasteiger partial charge is 0.324 e. The number of quaternary nitrogens is 1. The molecule has 2 aromatic rings. The number of benzene rings is 2. The maximum atomic E-state index is 12.7. The molecule has 0 radical (unpaired) electrons. The molecular weight excluding hydrogens is 398 g/mol. The van der Waals surface area contributed by atoms with Gasteiger partial charge in [-0.3, -0.25) is 4.79 Å². The molecule has 7 heteroatoms. The summed E-state index contributed by atoms with van der Waals surface area (Å²) in [6, 6.07) is 14.5. The van der Waals surface area contributed by atoms with Gasteiger partial charge in [-0.1, -0.05) is 51.1 Å². The lowest BCUT2D eigenvalue weighted by molar-refractivity contribution is -0.907. The lowest BCUT2D eigenvalue weighted by Crippen LogP contribution is -3.12. The van der Waals surface area contributed by atoms with E-state index in [9.17, 15) is 13.2 Å². The van der Waals surface area contributed by atoms with Crippen LogP contribution in [0.2, 0.25) is 0 Å². The second kappa shape index (κ2) is 9.29. The summed E-state index contributed by atoms with van der Waals surface area (Å²) in [6.45, 7) is 9.14. The minimum atomic E-state index is -3.55. The van der Waals surface area contributed by atoms with Crippen molar-refractivity contribution in [2.24, 2.45) is 0 Å². The zero-order valence-electron chi connectivity index (χ0n) is 19.0. The molecule has 6 nitrogen and oxygen atoms in total. The van der Waals surface area contributed by atoms with Gasteiger partial charge in [0.15, 0.2) is 6.04 Å². The van der Waals surface area contributed by atoms with Crippen LogP contribution in [0.15, 0.2) is 53.4 Å². The third-order valence-corrected chi connectivity index (χ3v) is 7.13. The number of carbonyl (C=O) groups is 1. The number of rotatable bonds is 7. The highest BCUT2D eigenvalue weighted by Gasteiger charge is 2.23. The van der Waals surface area contributed by atoms with E-state index in [2.05, 4.69) is 50.4 Å². The number of carbonyl (C=O) groups excluding carboxylic acids is 1. The van der Waals surface area contributed by atoms with Gasteiger partial charge in [0.05, 0.1) is 11.9 Å². The maximum absolute atomic E-state index is 12.7. The smallest absolute Gasteiger partial charge is 0.282 e. The van der Waals surface area contributed by atoms with E-state index in [0.717, 1.165) is 9.21 Å². The Hall–Kier alpha value is -2.22. The van der Waals surface area contributed by atoms with Crippen LogP contribution in [-0.2, 0) is 26.8 Å². The van der Waals surface area contributed by atoms with E-state index in [0.29, 0.717) is 12.2 Å². The molecule has 0 aliphatic carbocycles. The van der Waals surface area contributed by atoms with Crippen molar-refractivity contribution in [1.82, 2.24) is 4.31 Å². The molecule has 0 aliphatic heterocycles. The minimum Gasteiger partial charge on any atom is -0.324 e. The monoisotopic (exact) mass is 432 g/mol. The van der Waals surface area contributed by atoms with E-state index in [-0.39, 0.29) is 22.3 Å². The van der Waals surface area contributed by atoms with Crippen LogP contribution in [0.5, 0.6) is 0 Å². The van der Waals surface area contributed by atoms with Crippen LogP contribution >= 0.6 is 0 Å². The lowest BCUT2D eigenvalue weighted by Gasteiger charge is -2.22. The van der Waals surface area contributed by atoms with Crippen LogP contribution in [0, 0.1) is 0 Å². The van der Waals surface area contributed by atoms with Gasteiger partial charge in [0.25, 0.3) is 5.91 Å². The number of anilines is 1. The van der Waals surface area contributed by atoms with Crippen LogP contribution in [0.25, 0.3) is 0 Å². The number of amides is 1. The topological polar surface area (TPSA) is 70.9 Å². The van der Waals surface area contributed by atoms with Gasteiger partial charge in [0, 0.05) is 25.3 Å². The maximum Gasteiger partial charge on any atom is 0.282 e. The molecule has 164 valence electrons. The first-order valence-electron chi connectivity index (χ1n) is 10.1. The first kappa shape index (κ1) is 24.1. The van der Waals surface area contributed by atoms with Crippen molar-refractivity contribution in [2.45, 2.75) is 50.6 Å². The molecule has 2 rings (SSSR count). The first-order valence-corrected chi connectivity index (χ1v) is 11.5. The second-order valence-corrected chi connectivity index (χ2v) is 11.1. The average molecular weight is 433 g/mol. The Morgan fingerprint density at radius 3 is 2.23 bits per heavy atom. The van der Waals surface area contributed by atoms with Crippen molar-refractivity contribution in [1.29, 1.82) is 0 Å². The number of hydrogen-bond donors (Lipinski definition) is 2. The molecule has 0 heterocycles. The molecule has 0 aliphatic rings. The van der Waals surface area contributed by atoms with E-state index in [4.69, 9.17) is 0 Å². The third-order valence-electron chi connectivity index (χ3n) is 5.32. The molecule has 0 spiro atoms. The van der Waals surface area contributed by atoms with Gasteiger partial charge in [-0.2, -0.15) is 0 Å². The Balaban J connectivity index is 2.05. The van der Waals surface area contributed by atoms with Gasteiger partial charge in [-0.05, 0) is 36.1 Å². The zero-order valence-corrected chi connectivity index (χ0v) is 19.8. The van der Waals surface area contributed by atoms with Gasteiger partial charge in [-0.15, -0.1) is 0 Å². The van der Waals surface area contributed by atoms with E-state index < -0.39 is 10.0 Å². The van der Waals surface area contributed by atoms with Crippen LogP contribution < -0.4 is 10.2 Å². The van der Waals surface area contributed by atoms with Crippen LogP contribution in [0.4, 0.5) is 5.69 Å². The molecule has 2 atom stereocenters. The Bertz CT molecular complexity index is 977. The van der Waals surface area contributed by atoms with Gasteiger partial charge in [0.1, 0.15) is 6.54 Å². The first-order chi connectivity index (χ1) is 13.8. The third kappa shape index (κ3) is 5.90. The van der Waals surface area contributed by atoms with Gasteiger partial charge in [-0.25, -0.2) is 12.7 Å². The number of likely N-dealkylation sites (N-methyl/N-ethyl adjacent to an activating group) is 1. The van der Waals surface area contributed by atoms with Crippen molar-refractivity contribution in [3.05, 3.63) is 59.7 Å². The normalized spacial score (nSPS) is 14.4. The summed E-state index contributed by atoms with van der Waals surface area (Å²) < 4.78 is 25.8. The highest BCUT2D eigenvalue weighted by molar-refractivity contribution is 7.89. The van der Waals surface area contributed by atoms with Crippen molar-refractivity contribution in [3.8, 4) is 0 Å². The van der Waals surface area contributed by atoms with E-state index in [1.54, 1.807) is 12.1 Å². The van der Waals surface area contributed by atoms with Crippen molar-refractivity contribution < 1.29 is 18.1 Å². The Labute approximate surface area is 180 Å². The van der Waals surface area contributed by atoms with Crippen LogP contribution in [0.3, 0.4) is 0 Å². The fourth-order valence-corrected chi connectivity index (χ4v) is 3.97. The number of nitrogens with one attached hydrogen (secondary N) is 2. The lowest BCUT2D eigenvalue weighted by atomic mass is 9.87. The predicted molar refractivity (Wildman–Crippen MR) is 121 cm³/mol. The molecule has 0 saturated heterocycles.